The normalized spacial score (nSPS) is 16.8. The van der Waals surface area contributed by atoms with E-state index < -0.39 is 0 Å². The summed E-state index contributed by atoms with van der Waals surface area (Å²) in [6.45, 7) is 5.82. The van der Waals surface area contributed by atoms with E-state index >= 15 is 0 Å². The third kappa shape index (κ3) is 3.60. The molecule has 1 unspecified atom stereocenters. The molecule has 4 heteroatoms. The van der Waals surface area contributed by atoms with Gasteiger partial charge in [0.2, 0.25) is 0 Å². The Kier molecular flexibility index (Phi) is 5.16. The SMILES string of the molecule is CCC(C(=O)c1ccc(N)cc1)N1CCN(c2ccccc2)CC1. The third-order valence-corrected chi connectivity index (χ3v) is 4.76. The summed E-state index contributed by atoms with van der Waals surface area (Å²) in [5, 5.41) is 0. The number of nitrogens with two attached hydrogens (primary N) is 1. The summed E-state index contributed by atoms with van der Waals surface area (Å²) in [5.74, 6) is 0.200. The Morgan fingerprint density at radius 1 is 1.00 bits per heavy atom. The number of ketones is 1. The third-order valence-electron chi connectivity index (χ3n) is 4.76. The van der Waals surface area contributed by atoms with Crippen LogP contribution in [0.1, 0.15) is 23.7 Å². The quantitative estimate of drug-likeness (QED) is 0.679. The molecule has 3 rings (SSSR count). The van der Waals surface area contributed by atoms with Gasteiger partial charge in [0.15, 0.2) is 5.78 Å². The highest BCUT2D eigenvalue weighted by molar-refractivity contribution is 6.00. The number of anilines is 2. The summed E-state index contributed by atoms with van der Waals surface area (Å²) in [4.78, 5) is 17.5. The molecular weight excluding hydrogens is 298 g/mol. The second-order valence-corrected chi connectivity index (χ2v) is 6.27. The minimum absolute atomic E-state index is 0.0495. The van der Waals surface area contributed by atoms with Crippen LogP contribution >= 0.6 is 0 Å². The van der Waals surface area contributed by atoms with E-state index in [1.165, 1.54) is 5.69 Å². The lowest BCUT2D eigenvalue weighted by molar-refractivity contribution is 0.0801. The fourth-order valence-electron chi connectivity index (χ4n) is 3.38. The van der Waals surface area contributed by atoms with Gasteiger partial charge in [-0.05, 0) is 42.8 Å². The zero-order valence-electron chi connectivity index (χ0n) is 14.2. The van der Waals surface area contributed by atoms with E-state index in [9.17, 15) is 4.79 Å². The molecule has 0 aliphatic carbocycles. The lowest BCUT2D eigenvalue weighted by atomic mass is 9.99. The molecule has 0 amide bonds. The summed E-state index contributed by atoms with van der Waals surface area (Å²) < 4.78 is 0. The number of nitrogens with zero attached hydrogens (tertiary/aromatic N) is 2. The average molecular weight is 323 g/mol. The number of para-hydroxylation sites is 1. The van der Waals surface area contributed by atoms with Crippen molar-refractivity contribution in [3.05, 3.63) is 60.2 Å². The Morgan fingerprint density at radius 3 is 2.21 bits per heavy atom. The summed E-state index contributed by atoms with van der Waals surface area (Å²) in [6, 6.07) is 17.7. The topological polar surface area (TPSA) is 49.6 Å². The van der Waals surface area contributed by atoms with Gasteiger partial charge in [-0.15, -0.1) is 0 Å². The predicted molar refractivity (Wildman–Crippen MR) is 99.5 cm³/mol. The van der Waals surface area contributed by atoms with Crippen molar-refractivity contribution in [2.24, 2.45) is 0 Å². The van der Waals surface area contributed by atoms with E-state index in [1.807, 2.05) is 18.2 Å². The van der Waals surface area contributed by atoms with Gasteiger partial charge in [0.05, 0.1) is 6.04 Å². The lowest BCUT2D eigenvalue weighted by Gasteiger charge is -2.39. The maximum absolute atomic E-state index is 12.8. The summed E-state index contributed by atoms with van der Waals surface area (Å²) in [6.07, 6.45) is 0.828. The van der Waals surface area contributed by atoms with Crippen LogP contribution in [0.2, 0.25) is 0 Å². The molecule has 1 aliphatic rings. The molecule has 1 heterocycles. The molecule has 2 N–H and O–H groups in total. The van der Waals surface area contributed by atoms with E-state index in [0.717, 1.165) is 38.2 Å². The highest BCUT2D eigenvalue weighted by Gasteiger charge is 2.28. The molecule has 0 aromatic heterocycles. The first kappa shape index (κ1) is 16.5. The fourth-order valence-corrected chi connectivity index (χ4v) is 3.38. The van der Waals surface area contributed by atoms with Crippen LogP contribution in [0.3, 0.4) is 0 Å². The van der Waals surface area contributed by atoms with Crippen molar-refractivity contribution < 1.29 is 4.79 Å². The highest BCUT2D eigenvalue weighted by Crippen LogP contribution is 2.19. The molecule has 0 bridgehead atoms. The summed E-state index contributed by atoms with van der Waals surface area (Å²) in [5.41, 5.74) is 8.42. The van der Waals surface area contributed by atoms with Crippen LogP contribution in [-0.2, 0) is 0 Å². The molecule has 1 aliphatic heterocycles. The minimum Gasteiger partial charge on any atom is -0.399 e. The van der Waals surface area contributed by atoms with Gasteiger partial charge in [-0.2, -0.15) is 0 Å². The van der Waals surface area contributed by atoms with Crippen molar-refractivity contribution >= 4 is 17.2 Å². The standard InChI is InChI=1S/C20H25N3O/c1-2-19(20(24)16-8-10-17(21)11-9-16)23-14-12-22(13-15-23)18-6-4-3-5-7-18/h3-11,19H,2,12-15,21H2,1H3. The van der Waals surface area contributed by atoms with Crippen molar-refractivity contribution in [1.29, 1.82) is 0 Å². The number of benzene rings is 2. The van der Waals surface area contributed by atoms with Crippen LogP contribution in [0.4, 0.5) is 11.4 Å². The fraction of sp³-hybridized carbons (Fsp3) is 0.350. The zero-order chi connectivity index (χ0) is 16.9. The lowest BCUT2D eigenvalue weighted by Crippen LogP contribution is -2.52. The van der Waals surface area contributed by atoms with Gasteiger partial charge in [-0.25, -0.2) is 0 Å². The number of nitrogen functional groups attached to an aromatic ring is 1. The van der Waals surface area contributed by atoms with Crippen molar-refractivity contribution in [3.63, 3.8) is 0 Å². The first-order chi connectivity index (χ1) is 11.7. The van der Waals surface area contributed by atoms with Gasteiger partial charge < -0.3 is 10.6 Å². The molecule has 1 atom stereocenters. The first-order valence-corrected chi connectivity index (χ1v) is 8.63. The van der Waals surface area contributed by atoms with Crippen molar-refractivity contribution in [3.8, 4) is 0 Å². The number of hydrogen-bond donors (Lipinski definition) is 1. The molecule has 24 heavy (non-hydrogen) atoms. The van der Waals surface area contributed by atoms with E-state index in [1.54, 1.807) is 12.1 Å². The number of rotatable bonds is 5. The molecule has 2 aromatic carbocycles. The van der Waals surface area contributed by atoms with Crippen LogP contribution < -0.4 is 10.6 Å². The van der Waals surface area contributed by atoms with Gasteiger partial charge >= 0.3 is 0 Å². The smallest absolute Gasteiger partial charge is 0.179 e. The molecule has 0 spiro atoms. The van der Waals surface area contributed by atoms with Crippen molar-refractivity contribution in [1.82, 2.24) is 4.90 Å². The van der Waals surface area contributed by atoms with Gasteiger partial charge in [-0.1, -0.05) is 25.1 Å². The van der Waals surface area contributed by atoms with Crippen molar-refractivity contribution in [2.45, 2.75) is 19.4 Å². The number of hydrogen-bond acceptors (Lipinski definition) is 4. The van der Waals surface area contributed by atoms with Gasteiger partial charge in [0, 0.05) is 43.1 Å². The molecule has 1 fully saturated rings. The number of carbonyl (C=O) groups excluding carboxylic acids is 1. The molecule has 4 nitrogen and oxygen atoms in total. The minimum atomic E-state index is -0.0495. The second-order valence-electron chi connectivity index (χ2n) is 6.27. The summed E-state index contributed by atoms with van der Waals surface area (Å²) in [7, 11) is 0. The Balaban J connectivity index is 1.65. The van der Waals surface area contributed by atoms with E-state index in [0.29, 0.717) is 5.69 Å². The molecule has 1 saturated heterocycles. The predicted octanol–water partition coefficient (Wildman–Crippen LogP) is 3.05. The Morgan fingerprint density at radius 2 is 1.62 bits per heavy atom. The Labute approximate surface area is 143 Å². The molecule has 2 aromatic rings. The zero-order valence-corrected chi connectivity index (χ0v) is 14.2. The first-order valence-electron chi connectivity index (χ1n) is 8.63. The Bertz CT molecular complexity index is 661. The van der Waals surface area contributed by atoms with E-state index in [4.69, 9.17) is 5.73 Å². The van der Waals surface area contributed by atoms with E-state index in [-0.39, 0.29) is 11.8 Å². The van der Waals surface area contributed by atoms with Crippen LogP contribution in [0.5, 0.6) is 0 Å². The van der Waals surface area contributed by atoms with Crippen LogP contribution in [0.15, 0.2) is 54.6 Å². The van der Waals surface area contributed by atoms with Crippen LogP contribution in [0.25, 0.3) is 0 Å². The number of Topliss-reactive ketones (excluding diaryl/α,β-unsaturated/α-hetero) is 1. The van der Waals surface area contributed by atoms with Crippen LogP contribution in [0, 0.1) is 0 Å². The maximum atomic E-state index is 12.8. The number of piperazine rings is 1. The average Bonchev–Trinajstić information content (AvgIpc) is 2.64. The molecule has 0 saturated carbocycles. The van der Waals surface area contributed by atoms with Gasteiger partial charge in [0.25, 0.3) is 0 Å². The van der Waals surface area contributed by atoms with Crippen LogP contribution in [-0.4, -0.2) is 42.9 Å². The van der Waals surface area contributed by atoms with Gasteiger partial charge in [0.1, 0.15) is 0 Å². The van der Waals surface area contributed by atoms with Gasteiger partial charge in [-0.3, -0.25) is 9.69 Å². The second kappa shape index (κ2) is 7.49. The van der Waals surface area contributed by atoms with E-state index in [2.05, 4.69) is 41.0 Å². The summed E-state index contributed by atoms with van der Waals surface area (Å²) >= 11 is 0. The monoisotopic (exact) mass is 323 g/mol. The van der Waals surface area contributed by atoms with Crippen molar-refractivity contribution in [2.75, 3.05) is 36.8 Å². The maximum Gasteiger partial charge on any atom is 0.179 e. The number of carbonyl (C=O) groups is 1. The Hall–Kier alpha value is -2.33. The molecular formula is C20H25N3O. The largest absolute Gasteiger partial charge is 0.399 e. The molecule has 0 radical (unpaired) electrons. The molecule has 126 valence electrons. The highest BCUT2D eigenvalue weighted by atomic mass is 16.1.